The van der Waals surface area contributed by atoms with E-state index in [0.29, 0.717) is 5.92 Å². The third-order valence-electron chi connectivity index (χ3n) is 3.16. The third-order valence-corrected chi connectivity index (χ3v) is 3.16. The van der Waals surface area contributed by atoms with Gasteiger partial charge in [0.25, 0.3) is 0 Å². The number of hydrogen-bond acceptors (Lipinski definition) is 2. The van der Waals surface area contributed by atoms with Crippen LogP contribution in [0.1, 0.15) is 52.9 Å². The van der Waals surface area contributed by atoms with Crippen molar-refractivity contribution >= 4 is 0 Å². The maximum Gasteiger partial charge on any atom is 0.0773 e. The van der Waals surface area contributed by atoms with Crippen molar-refractivity contribution in [2.24, 2.45) is 11.8 Å². The van der Waals surface area contributed by atoms with Gasteiger partial charge < -0.3 is 10.2 Å². The Kier molecular flexibility index (Phi) is 8.20. The summed E-state index contributed by atoms with van der Waals surface area (Å²) in [7, 11) is 0. The van der Waals surface area contributed by atoms with Crippen LogP contribution in [-0.4, -0.2) is 22.9 Å². The first kappa shape index (κ1) is 13.9. The first-order chi connectivity index (χ1) is 6.63. The largest absolute Gasteiger partial charge is 0.394 e. The van der Waals surface area contributed by atoms with Crippen LogP contribution in [0.3, 0.4) is 0 Å². The maximum absolute atomic E-state index is 9.33. The topological polar surface area (TPSA) is 40.5 Å². The maximum atomic E-state index is 9.33. The molecule has 0 saturated heterocycles. The van der Waals surface area contributed by atoms with Crippen molar-refractivity contribution in [1.82, 2.24) is 0 Å². The smallest absolute Gasteiger partial charge is 0.0773 e. The summed E-state index contributed by atoms with van der Waals surface area (Å²) in [6.45, 7) is 6.55. The van der Waals surface area contributed by atoms with Crippen molar-refractivity contribution in [3.8, 4) is 0 Å². The van der Waals surface area contributed by atoms with Gasteiger partial charge >= 0.3 is 0 Å². The molecule has 0 aromatic carbocycles. The summed E-state index contributed by atoms with van der Waals surface area (Å²) in [4.78, 5) is 0. The normalized spacial score (nSPS) is 17.8. The van der Waals surface area contributed by atoms with Crippen LogP contribution in [0, 0.1) is 11.8 Å². The van der Waals surface area contributed by atoms with Crippen LogP contribution >= 0.6 is 0 Å². The lowest BCUT2D eigenvalue weighted by Gasteiger charge is -2.19. The summed E-state index contributed by atoms with van der Waals surface area (Å²) < 4.78 is 0. The second kappa shape index (κ2) is 8.25. The molecule has 2 nitrogen and oxygen atoms in total. The molecule has 3 atom stereocenters. The molecular formula is C12H26O2. The number of aliphatic hydroxyl groups is 2. The predicted octanol–water partition coefficient (Wildman–Crippen LogP) is 2.58. The van der Waals surface area contributed by atoms with Gasteiger partial charge in [0.05, 0.1) is 12.7 Å². The summed E-state index contributed by atoms with van der Waals surface area (Å²) in [6, 6.07) is 0. The number of rotatable bonds is 8. The van der Waals surface area contributed by atoms with E-state index < -0.39 is 6.10 Å². The van der Waals surface area contributed by atoms with E-state index in [9.17, 15) is 5.11 Å². The highest BCUT2D eigenvalue weighted by Gasteiger charge is 2.13. The van der Waals surface area contributed by atoms with Crippen molar-refractivity contribution in [2.75, 3.05) is 6.61 Å². The van der Waals surface area contributed by atoms with Gasteiger partial charge in [0, 0.05) is 0 Å². The zero-order valence-electron chi connectivity index (χ0n) is 9.87. The summed E-state index contributed by atoms with van der Waals surface area (Å²) in [5, 5.41) is 18.1. The van der Waals surface area contributed by atoms with E-state index in [-0.39, 0.29) is 6.61 Å². The van der Waals surface area contributed by atoms with Crippen LogP contribution in [0.25, 0.3) is 0 Å². The van der Waals surface area contributed by atoms with Gasteiger partial charge in [0.2, 0.25) is 0 Å². The number of hydrogen-bond donors (Lipinski definition) is 2. The highest BCUT2D eigenvalue weighted by molar-refractivity contribution is 4.65. The summed E-state index contributed by atoms with van der Waals surface area (Å²) >= 11 is 0. The monoisotopic (exact) mass is 202 g/mol. The highest BCUT2D eigenvalue weighted by atomic mass is 16.3. The molecule has 0 saturated carbocycles. The van der Waals surface area contributed by atoms with Crippen molar-refractivity contribution < 1.29 is 10.2 Å². The summed E-state index contributed by atoms with van der Waals surface area (Å²) in [6.07, 6.45) is 5.00. The van der Waals surface area contributed by atoms with Crippen LogP contribution in [0.15, 0.2) is 0 Å². The summed E-state index contributed by atoms with van der Waals surface area (Å²) in [5.74, 6) is 1.36. The second-order valence-electron chi connectivity index (χ2n) is 4.44. The average molecular weight is 202 g/mol. The van der Waals surface area contributed by atoms with Crippen molar-refractivity contribution in [3.63, 3.8) is 0 Å². The molecule has 2 N–H and O–H groups in total. The van der Waals surface area contributed by atoms with Crippen LogP contribution in [0.2, 0.25) is 0 Å². The Morgan fingerprint density at radius 3 is 2.14 bits per heavy atom. The van der Waals surface area contributed by atoms with Gasteiger partial charge in [0.15, 0.2) is 0 Å². The summed E-state index contributed by atoms with van der Waals surface area (Å²) in [5.41, 5.74) is 0. The molecule has 0 rings (SSSR count). The molecule has 0 aromatic heterocycles. The molecule has 2 heteroatoms. The fourth-order valence-corrected chi connectivity index (χ4v) is 1.67. The van der Waals surface area contributed by atoms with Gasteiger partial charge in [-0.3, -0.25) is 0 Å². The second-order valence-corrected chi connectivity index (χ2v) is 4.44. The van der Waals surface area contributed by atoms with Gasteiger partial charge in [0.1, 0.15) is 0 Å². The van der Waals surface area contributed by atoms with E-state index in [1.807, 2.05) is 0 Å². The molecule has 0 aliphatic heterocycles. The third kappa shape index (κ3) is 6.39. The zero-order chi connectivity index (χ0) is 11.0. The van der Waals surface area contributed by atoms with Gasteiger partial charge in [-0.05, 0) is 18.3 Å². The molecule has 0 bridgehead atoms. The molecule has 86 valence electrons. The van der Waals surface area contributed by atoms with E-state index in [0.717, 1.165) is 18.8 Å². The van der Waals surface area contributed by atoms with E-state index >= 15 is 0 Å². The fourth-order valence-electron chi connectivity index (χ4n) is 1.67. The predicted molar refractivity (Wildman–Crippen MR) is 60.2 cm³/mol. The van der Waals surface area contributed by atoms with Gasteiger partial charge in [-0.2, -0.15) is 0 Å². The molecule has 3 unspecified atom stereocenters. The Morgan fingerprint density at radius 1 is 1.07 bits per heavy atom. The van der Waals surface area contributed by atoms with Crippen LogP contribution in [-0.2, 0) is 0 Å². The molecule has 0 heterocycles. The molecule has 0 amide bonds. The molecule has 0 aliphatic rings. The molecule has 0 radical (unpaired) electrons. The van der Waals surface area contributed by atoms with Gasteiger partial charge in [-0.15, -0.1) is 0 Å². The Labute approximate surface area is 88.3 Å². The van der Waals surface area contributed by atoms with Crippen LogP contribution in [0.4, 0.5) is 0 Å². The zero-order valence-corrected chi connectivity index (χ0v) is 9.87. The minimum Gasteiger partial charge on any atom is -0.394 e. The Morgan fingerprint density at radius 2 is 1.71 bits per heavy atom. The lowest BCUT2D eigenvalue weighted by atomic mass is 9.90. The molecule has 14 heavy (non-hydrogen) atoms. The van der Waals surface area contributed by atoms with E-state index in [1.165, 1.54) is 19.3 Å². The first-order valence-electron chi connectivity index (χ1n) is 5.92. The standard InChI is InChI=1S/C12H26O2/c1-4-10(3)6-7-11(5-2)8-12(14)9-13/h10-14H,4-9H2,1-3H3. The minimum absolute atomic E-state index is 0.0974. The van der Waals surface area contributed by atoms with Crippen LogP contribution in [0.5, 0.6) is 0 Å². The lowest BCUT2D eigenvalue weighted by Crippen LogP contribution is -2.17. The van der Waals surface area contributed by atoms with Crippen molar-refractivity contribution in [3.05, 3.63) is 0 Å². The van der Waals surface area contributed by atoms with E-state index in [4.69, 9.17) is 5.11 Å². The Balaban J connectivity index is 3.68. The quantitative estimate of drug-likeness (QED) is 0.635. The van der Waals surface area contributed by atoms with E-state index in [2.05, 4.69) is 20.8 Å². The van der Waals surface area contributed by atoms with E-state index in [1.54, 1.807) is 0 Å². The van der Waals surface area contributed by atoms with Gasteiger partial charge in [-0.25, -0.2) is 0 Å². The van der Waals surface area contributed by atoms with Crippen molar-refractivity contribution in [2.45, 2.75) is 59.0 Å². The number of aliphatic hydroxyl groups excluding tert-OH is 2. The van der Waals surface area contributed by atoms with Crippen molar-refractivity contribution in [1.29, 1.82) is 0 Å². The molecule has 0 spiro atoms. The Hall–Kier alpha value is -0.0800. The fraction of sp³-hybridized carbons (Fsp3) is 1.00. The minimum atomic E-state index is -0.517. The molecule has 0 aliphatic carbocycles. The molecule has 0 fully saturated rings. The highest BCUT2D eigenvalue weighted by Crippen LogP contribution is 2.21. The first-order valence-corrected chi connectivity index (χ1v) is 5.92. The SMILES string of the molecule is CCC(C)CCC(CC)CC(O)CO. The lowest BCUT2D eigenvalue weighted by molar-refractivity contribution is 0.0711. The Bertz CT molecular complexity index is 125. The van der Waals surface area contributed by atoms with Crippen LogP contribution < -0.4 is 0 Å². The molecule has 0 aromatic rings. The average Bonchev–Trinajstić information content (AvgIpc) is 2.22. The van der Waals surface area contributed by atoms with Gasteiger partial charge in [-0.1, -0.05) is 46.5 Å². The molecular weight excluding hydrogens is 176 g/mol.